The van der Waals surface area contributed by atoms with Crippen LogP contribution in [-0.2, 0) is 14.6 Å². The first kappa shape index (κ1) is 25.1. The minimum atomic E-state index is -3.28. The van der Waals surface area contributed by atoms with E-state index < -0.39 is 9.84 Å². The number of nitrogens with one attached hydrogen (secondary N) is 2. The van der Waals surface area contributed by atoms with Crippen LogP contribution in [0, 0.1) is 5.92 Å². The van der Waals surface area contributed by atoms with E-state index in [2.05, 4.69) is 29.5 Å². The Hall–Kier alpha value is -0.870. The summed E-state index contributed by atoms with van der Waals surface area (Å²) in [7, 11) is -1.61. The smallest absolute Gasteiger partial charge is 0.191 e. The number of nitrogens with zero attached hydrogens (tertiary/aromatic N) is 1. The number of rotatable bonds is 10. The summed E-state index contributed by atoms with van der Waals surface area (Å²) < 4.78 is 30.2. The zero-order chi connectivity index (χ0) is 18.7. The van der Waals surface area contributed by atoms with Crippen molar-refractivity contribution in [3.05, 3.63) is 30.3 Å². The summed E-state index contributed by atoms with van der Waals surface area (Å²) in [6.45, 7) is 8.00. The van der Waals surface area contributed by atoms with Crippen molar-refractivity contribution in [2.45, 2.75) is 38.2 Å². The largest absolute Gasteiger partial charge is 0.378 e. The molecule has 0 aliphatic carbocycles. The quantitative estimate of drug-likeness (QED) is 0.295. The van der Waals surface area contributed by atoms with Crippen molar-refractivity contribution in [2.75, 3.05) is 32.5 Å². The van der Waals surface area contributed by atoms with E-state index in [9.17, 15) is 8.42 Å². The number of aliphatic imine (C=N–C) groups is 1. The van der Waals surface area contributed by atoms with Crippen molar-refractivity contribution in [1.29, 1.82) is 0 Å². The molecular formula is C18H32IN3O3S. The SMILES string of the molecule is CCOC(CCNC(=NC)NCCS(=O)(=O)c1ccccc1)C(C)C.I. The third kappa shape index (κ3) is 9.18. The zero-order valence-electron chi connectivity index (χ0n) is 16.1. The highest BCUT2D eigenvalue weighted by atomic mass is 127. The summed E-state index contributed by atoms with van der Waals surface area (Å²) in [4.78, 5) is 4.47. The third-order valence-electron chi connectivity index (χ3n) is 3.83. The van der Waals surface area contributed by atoms with Gasteiger partial charge in [0.1, 0.15) is 0 Å². The molecule has 0 saturated carbocycles. The molecule has 1 aromatic carbocycles. The molecule has 0 amide bonds. The first-order valence-corrected chi connectivity index (χ1v) is 10.4. The number of hydrogen-bond acceptors (Lipinski definition) is 4. The van der Waals surface area contributed by atoms with Gasteiger partial charge in [0.2, 0.25) is 0 Å². The Morgan fingerprint density at radius 2 is 1.77 bits per heavy atom. The van der Waals surface area contributed by atoms with Crippen LogP contribution < -0.4 is 10.6 Å². The van der Waals surface area contributed by atoms with Crippen LogP contribution in [0.1, 0.15) is 27.2 Å². The summed E-state index contributed by atoms with van der Waals surface area (Å²) in [6, 6.07) is 8.48. The summed E-state index contributed by atoms with van der Waals surface area (Å²) in [5.41, 5.74) is 0. The number of guanidine groups is 1. The van der Waals surface area contributed by atoms with Crippen LogP contribution in [0.3, 0.4) is 0 Å². The Morgan fingerprint density at radius 3 is 2.31 bits per heavy atom. The summed E-state index contributed by atoms with van der Waals surface area (Å²) in [5.74, 6) is 1.07. The summed E-state index contributed by atoms with van der Waals surface area (Å²) >= 11 is 0. The first-order valence-electron chi connectivity index (χ1n) is 8.74. The van der Waals surface area contributed by atoms with E-state index in [1.54, 1.807) is 37.4 Å². The normalized spacial score (nSPS) is 13.2. The minimum absolute atomic E-state index is 0. The number of hydrogen-bond donors (Lipinski definition) is 2. The molecule has 150 valence electrons. The monoisotopic (exact) mass is 497 g/mol. The molecule has 1 aromatic rings. The predicted molar refractivity (Wildman–Crippen MR) is 118 cm³/mol. The highest BCUT2D eigenvalue weighted by Gasteiger charge is 2.15. The summed E-state index contributed by atoms with van der Waals surface area (Å²) in [5, 5.41) is 6.25. The van der Waals surface area contributed by atoms with Gasteiger partial charge in [-0.15, -0.1) is 24.0 Å². The molecule has 0 spiro atoms. The lowest BCUT2D eigenvalue weighted by Gasteiger charge is -2.21. The molecule has 0 radical (unpaired) electrons. The third-order valence-corrected chi connectivity index (χ3v) is 5.57. The lowest BCUT2D eigenvalue weighted by molar-refractivity contribution is 0.0258. The van der Waals surface area contributed by atoms with Crippen LogP contribution in [0.2, 0.25) is 0 Å². The van der Waals surface area contributed by atoms with Gasteiger partial charge in [-0.2, -0.15) is 0 Å². The van der Waals surface area contributed by atoms with Crippen LogP contribution in [0.4, 0.5) is 0 Å². The molecule has 6 nitrogen and oxygen atoms in total. The van der Waals surface area contributed by atoms with E-state index in [0.29, 0.717) is 36.5 Å². The van der Waals surface area contributed by atoms with Gasteiger partial charge in [-0.3, -0.25) is 4.99 Å². The van der Waals surface area contributed by atoms with Gasteiger partial charge in [0.05, 0.1) is 16.8 Å². The molecule has 1 atom stereocenters. The Balaban J connectivity index is 0.00000625. The zero-order valence-corrected chi connectivity index (χ0v) is 19.2. The second kappa shape index (κ2) is 13.3. The maximum absolute atomic E-state index is 12.2. The van der Waals surface area contributed by atoms with E-state index in [-0.39, 0.29) is 35.8 Å². The van der Waals surface area contributed by atoms with Gasteiger partial charge in [-0.25, -0.2) is 8.42 Å². The number of ether oxygens (including phenoxy) is 1. The fourth-order valence-electron chi connectivity index (χ4n) is 2.43. The van der Waals surface area contributed by atoms with Crippen LogP contribution >= 0.6 is 24.0 Å². The highest BCUT2D eigenvalue weighted by molar-refractivity contribution is 14.0. The van der Waals surface area contributed by atoms with E-state index in [1.807, 2.05) is 6.92 Å². The van der Waals surface area contributed by atoms with Crippen molar-refractivity contribution in [3.8, 4) is 0 Å². The van der Waals surface area contributed by atoms with Gasteiger partial charge in [0, 0.05) is 26.7 Å². The number of halogens is 1. The fourth-order valence-corrected chi connectivity index (χ4v) is 3.60. The molecule has 0 aromatic heterocycles. The lowest BCUT2D eigenvalue weighted by Crippen LogP contribution is -2.41. The molecule has 0 saturated heterocycles. The van der Waals surface area contributed by atoms with Gasteiger partial charge in [0.15, 0.2) is 15.8 Å². The summed E-state index contributed by atoms with van der Waals surface area (Å²) in [6.07, 6.45) is 1.07. The Labute approximate surface area is 175 Å². The number of sulfone groups is 1. The molecule has 1 unspecified atom stereocenters. The Kier molecular flexibility index (Phi) is 12.9. The second-order valence-electron chi connectivity index (χ2n) is 6.08. The van der Waals surface area contributed by atoms with Crippen molar-refractivity contribution >= 4 is 39.8 Å². The van der Waals surface area contributed by atoms with E-state index in [4.69, 9.17) is 4.74 Å². The maximum Gasteiger partial charge on any atom is 0.191 e. The topological polar surface area (TPSA) is 79.8 Å². The molecule has 26 heavy (non-hydrogen) atoms. The van der Waals surface area contributed by atoms with Gasteiger partial charge < -0.3 is 15.4 Å². The molecule has 8 heteroatoms. The molecule has 0 aliphatic rings. The lowest BCUT2D eigenvalue weighted by atomic mass is 10.0. The second-order valence-corrected chi connectivity index (χ2v) is 8.19. The molecular weight excluding hydrogens is 465 g/mol. The van der Waals surface area contributed by atoms with Crippen molar-refractivity contribution in [2.24, 2.45) is 10.9 Å². The molecule has 1 rings (SSSR count). The molecule has 0 bridgehead atoms. The van der Waals surface area contributed by atoms with Crippen LogP contribution in [0.15, 0.2) is 40.2 Å². The van der Waals surface area contributed by atoms with Gasteiger partial charge >= 0.3 is 0 Å². The molecule has 2 N–H and O–H groups in total. The Bertz CT molecular complexity index is 622. The van der Waals surface area contributed by atoms with E-state index in [1.165, 1.54) is 0 Å². The van der Waals surface area contributed by atoms with E-state index in [0.717, 1.165) is 6.42 Å². The standard InChI is InChI=1S/C18H31N3O3S.HI/c1-5-24-17(15(2)3)11-12-20-18(19-4)21-13-14-25(22,23)16-9-7-6-8-10-16;/h6-10,15,17H,5,11-14H2,1-4H3,(H2,19,20,21);1H. The van der Waals surface area contributed by atoms with Gasteiger partial charge in [0.25, 0.3) is 0 Å². The van der Waals surface area contributed by atoms with Crippen LogP contribution in [0.5, 0.6) is 0 Å². The van der Waals surface area contributed by atoms with Crippen LogP contribution in [-0.4, -0.2) is 53.0 Å². The molecule has 0 fully saturated rings. The maximum atomic E-state index is 12.2. The molecule has 0 heterocycles. The highest BCUT2D eigenvalue weighted by Crippen LogP contribution is 2.10. The fraction of sp³-hybridized carbons (Fsp3) is 0.611. The number of benzene rings is 1. The molecule has 0 aliphatic heterocycles. The predicted octanol–water partition coefficient (Wildman–Crippen LogP) is 2.69. The Morgan fingerprint density at radius 1 is 1.15 bits per heavy atom. The van der Waals surface area contributed by atoms with Crippen molar-refractivity contribution < 1.29 is 13.2 Å². The minimum Gasteiger partial charge on any atom is -0.378 e. The average Bonchev–Trinajstić information content (AvgIpc) is 2.60. The van der Waals surface area contributed by atoms with E-state index >= 15 is 0 Å². The van der Waals surface area contributed by atoms with Gasteiger partial charge in [-0.05, 0) is 31.4 Å². The van der Waals surface area contributed by atoms with Crippen LogP contribution in [0.25, 0.3) is 0 Å². The van der Waals surface area contributed by atoms with Crippen molar-refractivity contribution in [3.63, 3.8) is 0 Å². The van der Waals surface area contributed by atoms with Gasteiger partial charge in [-0.1, -0.05) is 32.0 Å². The van der Waals surface area contributed by atoms with Crippen molar-refractivity contribution in [1.82, 2.24) is 10.6 Å². The first-order chi connectivity index (χ1) is 11.9. The average molecular weight is 497 g/mol.